The van der Waals surface area contributed by atoms with E-state index in [1.54, 1.807) is 30.3 Å². The van der Waals surface area contributed by atoms with Gasteiger partial charge >= 0.3 is 0 Å². The van der Waals surface area contributed by atoms with Gasteiger partial charge in [-0.1, -0.05) is 12.1 Å². The van der Waals surface area contributed by atoms with Gasteiger partial charge in [-0.25, -0.2) is 13.8 Å². The number of amides is 1. The van der Waals surface area contributed by atoms with Crippen molar-refractivity contribution in [2.75, 3.05) is 77.2 Å². The summed E-state index contributed by atoms with van der Waals surface area (Å²) in [5.41, 5.74) is 0.977. The number of imidazole rings is 1. The van der Waals surface area contributed by atoms with Gasteiger partial charge in [-0.2, -0.15) is 9.97 Å². The molecule has 12 nitrogen and oxygen atoms in total. The molecule has 244 valence electrons. The quantitative estimate of drug-likeness (QED) is 0.327. The van der Waals surface area contributed by atoms with Gasteiger partial charge in [-0.3, -0.25) is 14.3 Å². The number of hydrogen-bond donors (Lipinski definition) is 2. The van der Waals surface area contributed by atoms with Crippen molar-refractivity contribution in [2.24, 2.45) is 11.8 Å². The second kappa shape index (κ2) is 14.8. The number of halogens is 2. The zero-order valence-electron chi connectivity index (χ0n) is 25.3. The molecule has 0 radical (unpaired) electrons. The van der Waals surface area contributed by atoms with Crippen LogP contribution in [-0.2, 0) is 14.3 Å². The summed E-state index contributed by atoms with van der Waals surface area (Å²) in [6.07, 6.45) is -0.342. The summed E-state index contributed by atoms with van der Waals surface area (Å²) in [4.78, 5) is 30.4. The molecule has 1 atom stereocenters. The van der Waals surface area contributed by atoms with Crippen LogP contribution in [0.4, 0.5) is 14.7 Å². The second-order valence-corrected chi connectivity index (χ2v) is 11.9. The number of rotatable bonds is 11. The minimum Gasteiger partial charge on any atom is -0.477 e. The molecule has 1 unspecified atom stereocenters. The largest absolute Gasteiger partial charge is 0.477 e. The van der Waals surface area contributed by atoms with E-state index in [0.717, 1.165) is 38.8 Å². The first-order chi connectivity index (χ1) is 21.9. The number of β-amino-alcohol motifs (C(OH)–C–C–N with tert-alkyl or cyclic N) is 1. The third-order valence-electron chi connectivity index (χ3n) is 8.75. The second-order valence-electron chi connectivity index (χ2n) is 11.9. The number of ether oxygens (including phenoxy) is 3. The molecule has 0 bridgehead atoms. The average molecular weight is 630 g/mol. The average Bonchev–Trinajstić information content (AvgIpc) is 3.48. The summed E-state index contributed by atoms with van der Waals surface area (Å²) in [5, 5.41) is 13.3. The van der Waals surface area contributed by atoms with Crippen LogP contribution in [0, 0.1) is 11.8 Å². The number of morpholine rings is 2. The Morgan fingerprint density at radius 3 is 2.44 bits per heavy atom. The Morgan fingerprint density at radius 2 is 1.71 bits per heavy atom. The van der Waals surface area contributed by atoms with Crippen molar-refractivity contribution in [1.29, 1.82) is 0 Å². The molecule has 1 amide bonds. The van der Waals surface area contributed by atoms with Gasteiger partial charge in [0.15, 0.2) is 5.82 Å². The zero-order chi connectivity index (χ0) is 31.2. The van der Waals surface area contributed by atoms with Gasteiger partial charge in [-0.05, 0) is 43.7 Å². The topological polar surface area (TPSA) is 127 Å². The molecule has 6 rings (SSSR count). The van der Waals surface area contributed by atoms with Crippen LogP contribution in [0.5, 0.6) is 5.88 Å². The minimum atomic E-state index is -2.80. The van der Waals surface area contributed by atoms with Crippen LogP contribution in [0.2, 0.25) is 0 Å². The van der Waals surface area contributed by atoms with Crippen LogP contribution in [0.1, 0.15) is 37.9 Å². The number of para-hydroxylation sites is 2. The third kappa shape index (κ3) is 7.86. The first-order valence-corrected chi connectivity index (χ1v) is 15.8. The lowest BCUT2D eigenvalue weighted by molar-refractivity contribution is -0.126. The van der Waals surface area contributed by atoms with E-state index in [9.17, 15) is 18.7 Å². The lowest BCUT2D eigenvalue weighted by Gasteiger charge is -2.30. The number of fused-ring (bicyclic) bond motifs is 1. The Labute approximate surface area is 260 Å². The molecule has 1 saturated carbocycles. The van der Waals surface area contributed by atoms with Crippen molar-refractivity contribution < 1.29 is 32.9 Å². The van der Waals surface area contributed by atoms with E-state index in [4.69, 9.17) is 14.2 Å². The summed E-state index contributed by atoms with van der Waals surface area (Å²) >= 11 is 0. The van der Waals surface area contributed by atoms with Gasteiger partial charge in [-0.15, -0.1) is 0 Å². The lowest BCUT2D eigenvalue weighted by atomic mass is 9.82. The first kappa shape index (κ1) is 31.5. The predicted octanol–water partition coefficient (Wildman–Crippen LogP) is 2.58. The number of anilines is 1. The molecule has 3 aliphatic rings. The molecular formula is C31H41F2N7O5. The maximum absolute atomic E-state index is 14.1. The minimum absolute atomic E-state index is 0.0200. The Balaban J connectivity index is 1.08. The number of benzene rings is 1. The SMILES string of the molecule is O=C(NCC(O)CN1CCOCC1)C1CCC(COc2cc(-n3c(C(F)F)nc4ccccc43)nc(N3CCOCC3)n2)CC1. The van der Waals surface area contributed by atoms with Gasteiger partial charge < -0.3 is 29.5 Å². The third-order valence-corrected chi connectivity index (χ3v) is 8.75. The normalized spacial score (nSPS) is 22.1. The van der Waals surface area contributed by atoms with Crippen LogP contribution >= 0.6 is 0 Å². The molecular weight excluding hydrogens is 588 g/mol. The number of nitrogens with zero attached hydrogens (tertiary/aromatic N) is 6. The van der Waals surface area contributed by atoms with Crippen molar-refractivity contribution in [2.45, 2.75) is 38.2 Å². The van der Waals surface area contributed by atoms with E-state index < -0.39 is 12.5 Å². The molecule has 1 aromatic carbocycles. The molecule has 2 N–H and O–H groups in total. The highest BCUT2D eigenvalue weighted by Gasteiger charge is 2.28. The van der Waals surface area contributed by atoms with Crippen LogP contribution in [0.15, 0.2) is 30.3 Å². The molecule has 2 aliphatic heterocycles. The zero-order valence-corrected chi connectivity index (χ0v) is 25.3. The fraction of sp³-hybridized carbons (Fsp3) is 0.613. The fourth-order valence-electron chi connectivity index (χ4n) is 6.23. The van der Waals surface area contributed by atoms with E-state index in [1.807, 2.05) is 4.90 Å². The monoisotopic (exact) mass is 629 g/mol. The molecule has 2 saturated heterocycles. The number of aliphatic hydroxyl groups excluding tert-OH is 1. The summed E-state index contributed by atoms with van der Waals surface area (Å²) in [6, 6.07) is 8.57. The maximum Gasteiger partial charge on any atom is 0.296 e. The highest BCUT2D eigenvalue weighted by molar-refractivity contribution is 5.79. The summed E-state index contributed by atoms with van der Waals surface area (Å²) in [6.45, 7) is 6.25. The predicted molar refractivity (Wildman–Crippen MR) is 162 cm³/mol. The van der Waals surface area contributed by atoms with Crippen molar-refractivity contribution in [1.82, 2.24) is 29.7 Å². The molecule has 0 spiro atoms. The van der Waals surface area contributed by atoms with Crippen LogP contribution < -0.4 is 15.0 Å². The number of nitrogens with one attached hydrogen (secondary N) is 1. The maximum atomic E-state index is 14.1. The van der Waals surface area contributed by atoms with Crippen molar-refractivity contribution in [3.05, 3.63) is 36.2 Å². The molecule has 4 heterocycles. The standard InChI is InChI=1S/C31H41F2N7O5/c32-28(33)29-35-24-3-1-2-4-25(24)40(29)26-17-27(37-31(36-26)39-11-15-44-16-12-39)45-20-21-5-7-22(8-6-21)30(42)34-18-23(41)19-38-9-13-43-14-10-38/h1-4,17,21-23,28,41H,5-16,18-20H2,(H,34,42). The van der Waals surface area contributed by atoms with E-state index >= 15 is 0 Å². The highest BCUT2D eigenvalue weighted by atomic mass is 19.3. The summed E-state index contributed by atoms with van der Waals surface area (Å²) < 4.78 is 46.7. The van der Waals surface area contributed by atoms with Crippen LogP contribution in [0.3, 0.4) is 0 Å². The van der Waals surface area contributed by atoms with E-state index in [1.165, 1.54) is 4.57 Å². The van der Waals surface area contributed by atoms with E-state index in [0.29, 0.717) is 75.5 Å². The van der Waals surface area contributed by atoms with Crippen molar-refractivity contribution >= 4 is 22.9 Å². The Morgan fingerprint density at radius 1 is 1.00 bits per heavy atom. The van der Waals surface area contributed by atoms with Crippen LogP contribution in [0.25, 0.3) is 16.9 Å². The first-order valence-electron chi connectivity index (χ1n) is 15.8. The van der Waals surface area contributed by atoms with Gasteiger partial charge in [0.25, 0.3) is 6.43 Å². The number of aromatic nitrogens is 4. The number of carbonyl (C=O) groups is 1. The lowest BCUT2D eigenvalue weighted by Crippen LogP contribution is -2.45. The van der Waals surface area contributed by atoms with Crippen molar-refractivity contribution in [3.8, 4) is 11.7 Å². The Hall–Kier alpha value is -3.46. The Kier molecular flexibility index (Phi) is 10.3. The summed E-state index contributed by atoms with van der Waals surface area (Å²) in [7, 11) is 0. The van der Waals surface area contributed by atoms with E-state index in [2.05, 4.69) is 25.2 Å². The van der Waals surface area contributed by atoms with Crippen LogP contribution in [-0.4, -0.2) is 114 Å². The van der Waals surface area contributed by atoms with E-state index in [-0.39, 0.29) is 35.9 Å². The van der Waals surface area contributed by atoms with Gasteiger partial charge in [0.1, 0.15) is 5.82 Å². The molecule has 14 heteroatoms. The molecule has 3 aromatic rings. The summed E-state index contributed by atoms with van der Waals surface area (Å²) in [5.74, 6) is 0.664. The number of carbonyl (C=O) groups excluding carboxylic acids is 1. The molecule has 45 heavy (non-hydrogen) atoms. The highest BCUT2D eigenvalue weighted by Crippen LogP contribution is 2.32. The molecule has 2 aromatic heterocycles. The fourth-order valence-corrected chi connectivity index (χ4v) is 6.23. The Bertz CT molecular complexity index is 1420. The van der Waals surface area contributed by atoms with Gasteiger partial charge in [0.2, 0.25) is 17.7 Å². The van der Waals surface area contributed by atoms with Gasteiger partial charge in [0, 0.05) is 51.3 Å². The molecule has 3 fully saturated rings. The molecule has 1 aliphatic carbocycles. The van der Waals surface area contributed by atoms with Crippen molar-refractivity contribution in [3.63, 3.8) is 0 Å². The smallest absolute Gasteiger partial charge is 0.296 e. The number of aliphatic hydroxyl groups is 1. The number of alkyl halides is 2. The van der Waals surface area contributed by atoms with Gasteiger partial charge in [0.05, 0.1) is 50.2 Å². The number of hydrogen-bond acceptors (Lipinski definition) is 10.